The van der Waals surface area contributed by atoms with Crippen LogP contribution in [0.2, 0.25) is 0 Å². The fraction of sp³-hybridized carbons (Fsp3) is 0.208. The zero-order valence-electron chi connectivity index (χ0n) is 17.5. The number of carbonyl (C=O) groups is 1. The van der Waals surface area contributed by atoms with Gasteiger partial charge < -0.3 is 5.32 Å². The number of carbonyl (C=O) groups excluding carboxylic acids is 1. The summed E-state index contributed by atoms with van der Waals surface area (Å²) >= 11 is 0. The van der Waals surface area contributed by atoms with E-state index in [2.05, 4.69) is 5.32 Å². The predicted molar refractivity (Wildman–Crippen MR) is 118 cm³/mol. The Morgan fingerprint density at radius 2 is 1.58 bits per heavy atom. The molecule has 1 unspecified atom stereocenters. The molecule has 0 aliphatic carbocycles. The normalized spacial score (nSPS) is 12.5. The van der Waals surface area contributed by atoms with Crippen LogP contribution in [-0.4, -0.2) is 25.2 Å². The van der Waals surface area contributed by atoms with Crippen LogP contribution in [0.1, 0.15) is 41.4 Å². The van der Waals surface area contributed by atoms with Crippen molar-refractivity contribution < 1.29 is 17.6 Å². The molecule has 0 fully saturated rings. The van der Waals surface area contributed by atoms with E-state index in [4.69, 9.17) is 0 Å². The van der Waals surface area contributed by atoms with E-state index >= 15 is 0 Å². The van der Waals surface area contributed by atoms with Gasteiger partial charge in [-0.2, -0.15) is 4.31 Å². The Kier molecular flexibility index (Phi) is 7.20. The molecule has 1 atom stereocenters. The number of sulfonamides is 1. The van der Waals surface area contributed by atoms with Gasteiger partial charge in [0.2, 0.25) is 10.0 Å². The molecule has 0 aliphatic heterocycles. The average molecular weight is 441 g/mol. The minimum Gasteiger partial charge on any atom is -0.346 e. The Morgan fingerprint density at radius 3 is 2.16 bits per heavy atom. The van der Waals surface area contributed by atoms with Gasteiger partial charge in [-0.05, 0) is 54.4 Å². The summed E-state index contributed by atoms with van der Waals surface area (Å²) < 4.78 is 40.2. The summed E-state index contributed by atoms with van der Waals surface area (Å²) in [5.41, 5.74) is 2.05. The third-order valence-corrected chi connectivity index (χ3v) is 6.96. The highest BCUT2D eigenvalue weighted by molar-refractivity contribution is 7.89. The van der Waals surface area contributed by atoms with E-state index in [1.54, 1.807) is 73.7 Å². The first kappa shape index (κ1) is 22.7. The number of hydrogen-bond acceptors (Lipinski definition) is 3. The highest BCUT2D eigenvalue weighted by atomic mass is 32.2. The molecular weight excluding hydrogens is 415 g/mol. The lowest BCUT2D eigenvalue weighted by Crippen LogP contribution is -2.30. The molecule has 3 aromatic carbocycles. The molecule has 162 valence electrons. The van der Waals surface area contributed by atoms with E-state index < -0.39 is 10.0 Å². The van der Waals surface area contributed by atoms with Crippen LogP contribution in [-0.2, 0) is 16.6 Å². The molecule has 1 amide bonds. The van der Waals surface area contributed by atoms with Crippen LogP contribution in [0.4, 0.5) is 4.39 Å². The maximum Gasteiger partial charge on any atom is 0.251 e. The van der Waals surface area contributed by atoms with Crippen LogP contribution < -0.4 is 5.32 Å². The Morgan fingerprint density at radius 1 is 0.968 bits per heavy atom. The summed E-state index contributed by atoms with van der Waals surface area (Å²) in [6.07, 6.45) is 0. The topological polar surface area (TPSA) is 66.5 Å². The second-order valence-electron chi connectivity index (χ2n) is 7.19. The Hall–Kier alpha value is -3.03. The number of nitrogens with one attached hydrogen (secondary N) is 1. The summed E-state index contributed by atoms with van der Waals surface area (Å²) in [7, 11) is -3.60. The first-order chi connectivity index (χ1) is 14.8. The van der Waals surface area contributed by atoms with Gasteiger partial charge in [0, 0.05) is 18.7 Å². The number of halogens is 1. The Labute approximate surface area is 182 Å². The molecule has 0 bridgehead atoms. The standard InChI is InChI=1S/C24H25FN2O3S/c1-3-27(31(29,30)23-7-5-4-6-8-23)17-19-9-11-21(12-10-19)24(28)26-18(2)20-13-15-22(25)16-14-20/h4-16,18H,3,17H2,1-2H3,(H,26,28). The molecule has 7 heteroatoms. The number of amides is 1. The van der Waals surface area contributed by atoms with Crippen LogP contribution in [0.25, 0.3) is 0 Å². The second kappa shape index (κ2) is 9.85. The molecule has 0 aliphatic rings. The summed E-state index contributed by atoms with van der Waals surface area (Å²) in [4.78, 5) is 12.8. The zero-order valence-corrected chi connectivity index (χ0v) is 18.3. The van der Waals surface area contributed by atoms with Crippen molar-refractivity contribution in [1.82, 2.24) is 9.62 Å². The third-order valence-electron chi connectivity index (χ3n) is 5.03. The fourth-order valence-corrected chi connectivity index (χ4v) is 4.65. The van der Waals surface area contributed by atoms with Crippen molar-refractivity contribution >= 4 is 15.9 Å². The SMILES string of the molecule is CCN(Cc1ccc(C(=O)NC(C)c2ccc(F)cc2)cc1)S(=O)(=O)c1ccccc1. The summed E-state index contributed by atoms with van der Waals surface area (Å²) in [6.45, 7) is 4.16. The van der Waals surface area contributed by atoms with E-state index in [-0.39, 0.29) is 29.2 Å². The molecule has 0 saturated carbocycles. The lowest BCUT2D eigenvalue weighted by atomic mass is 10.1. The highest BCUT2D eigenvalue weighted by Gasteiger charge is 2.23. The highest BCUT2D eigenvalue weighted by Crippen LogP contribution is 2.19. The second-order valence-corrected chi connectivity index (χ2v) is 9.13. The summed E-state index contributed by atoms with van der Waals surface area (Å²) in [5, 5.41) is 2.88. The Balaban J connectivity index is 1.67. The van der Waals surface area contributed by atoms with Gasteiger partial charge in [-0.3, -0.25) is 4.79 Å². The van der Waals surface area contributed by atoms with Crippen LogP contribution in [0.3, 0.4) is 0 Å². The van der Waals surface area contributed by atoms with E-state index in [1.807, 2.05) is 6.92 Å². The molecule has 1 N–H and O–H groups in total. The number of benzene rings is 3. The van der Waals surface area contributed by atoms with Gasteiger partial charge in [0.1, 0.15) is 5.82 Å². The number of nitrogens with zero attached hydrogens (tertiary/aromatic N) is 1. The molecule has 0 spiro atoms. The molecular formula is C24H25FN2O3S. The lowest BCUT2D eigenvalue weighted by Gasteiger charge is -2.21. The maximum atomic E-state index is 13.1. The van der Waals surface area contributed by atoms with Crippen molar-refractivity contribution in [2.24, 2.45) is 0 Å². The van der Waals surface area contributed by atoms with Gasteiger partial charge in [0.15, 0.2) is 0 Å². The lowest BCUT2D eigenvalue weighted by molar-refractivity contribution is 0.0940. The smallest absolute Gasteiger partial charge is 0.251 e. The predicted octanol–water partition coefficient (Wildman–Crippen LogP) is 4.53. The summed E-state index contributed by atoms with van der Waals surface area (Å²) in [5.74, 6) is -0.583. The molecule has 0 saturated heterocycles. The first-order valence-electron chi connectivity index (χ1n) is 10.0. The summed E-state index contributed by atoms with van der Waals surface area (Å²) in [6, 6.07) is 20.9. The van der Waals surface area contributed by atoms with Crippen molar-refractivity contribution in [1.29, 1.82) is 0 Å². The number of hydrogen-bond donors (Lipinski definition) is 1. The van der Waals surface area contributed by atoms with E-state index in [0.29, 0.717) is 12.1 Å². The van der Waals surface area contributed by atoms with E-state index in [9.17, 15) is 17.6 Å². The molecule has 3 rings (SSSR count). The van der Waals surface area contributed by atoms with Crippen molar-refractivity contribution in [3.05, 3.63) is 101 Å². The van der Waals surface area contributed by atoms with Crippen molar-refractivity contribution in [2.75, 3.05) is 6.54 Å². The van der Waals surface area contributed by atoms with E-state index in [0.717, 1.165) is 11.1 Å². The minimum atomic E-state index is -3.60. The van der Waals surface area contributed by atoms with Crippen molar-refractivity contribution in [3.63, 3.8) is 0 Å². The maximum absolute atomic E-state index is 13.1. The molecule has 0 aromatic heterocycles. The Bertz CT molecular complexity index is 1120. The van der Waals surface area contributed by atoms with Crippen LogP contribution >= 0.6 is 0 Å². The zero-order chi connectivity index (χ0) is 22.4. The van der Waals surface area contributed by atoms with Crippen LogP contribution in [0, 0.1) is 5.82 Å². The van der Waals surface area contributed by atoms with Crippen LogP contribution in [0.5, 0.6) is 0 Å². The van der Waals surface area contributed by atoms with Gasteiger partial charge in [0.05, 0.1) is 10.9 Å². The van der Waals surface area contributed by atoms with Crippen LogP contribution in [0.15, 0.2) is 83.8 Å². The van der Waals surface area contributed by atoms with Crippen molar-refractivity contribution in [3.8, 4) is 0 Å². The van der Waals surface area contributed by atoms with Gasteiger partial charge >= 0.3 is 0 Å². The average Bonchev–Trinajstić information content (AvgIpc) is 2.78. The molecule has 0 radical (unpaired) electrons. The van der Waals surface area contributed by atoms with Gasteiger partial charge in [-0.15, -0.1) is 0 Å². The largest absolute Gasteiger partial charge is 0.346 e. The molecule has 3 aromatic rings. The third kappa shape index (κ3) is 5.57. The quantitative estimate of drug-likeness (QED) is 0.560. The molecule has 0 heterocycles. The van der Waals surface area contributed by atoms with Gasteiger partial charge in [-0.25, -0.2) is 12.8 Å². The fourth-order valence-electron chi connectivity index (χ4n) is 3.19. The number of rotatable bonds is 8. The van der Waals surface area contributed by atoms with Gasteiger partial charge in [0.25, 0.3) is 5.91 Å². The monoisotopic (exact) mass is 440 g/mol. The van der Waals surface area contributed by atoms with Gasteiger partial charge in [-0.1, -0.05) is 49.4 Å². The van der Waals surface area contributed by atoms with Crippen molar-refractivity contribution in [2.45, 2.75) is 31.3 Å². The molecule has 31 heavy (non-hydrogen) atoms. The first-order valence-corrected chi connectivity index (χ1v) is 11.5. The van der Waals surface area contributed by atoms with E-state index in [1.165, 1.54) is 16.4 Å². The molecule has 5 nitrogen and oxygen atoms in total. The minimum absolute atomic E-state index is 0.210.